The van der Waals surface area contributed by atoms with Gasteiger partial charge in [0.15, 0.2) is 0 Å². The van der Waals surface area contributed by atoms with Crippen molar-refractivity contribution in [1.29, 1.82) is 0 Å². The first-order valence-corrected chi connectivity index (χ1v) is 6.18. The molecule has 2 aromatic rings. The van der Waals surface area contributed by atoms with Gasteiger partial charge in [0.05, 0.1) is 26.2 Å². The minimum atomic E-state index is -1.17. The molecular weight excluding hydrogens is 352 g/mol. The predicted molar refractivity (Wildman–Crippen MR) is 74.6 cm³/mol. The maximum absolute atomic E-state index is 10.2. The van der Waals surface area contributed by atoms with Crippen molar-refractivity contribution in [2.24, 2.45) is 0 Å². The van der Waals surface area contributed by atoms with Crippen LogP contribution in [0.1, 0.15) is 20.7 Å². The van der Waals surface area contributed by atoms with Crippen molar-refractivity contribution in [3.63, 3.8) is 0 Å². The standard InChI is InChI=1S/2C8H8O3.Cu/c2*1-11-7-4-2-6(3-5-7)8(9)10;/h2*2-5H,1H3,(H,9,10);/p-2. The van der Waals surface area contributed by atoms with Gasteiger partial charge in [-0.25, -0.2) is 0 Å². The molecule has 0 aromatic heterocycles. The number of hydrogen-bond donors (Lipinski definition) is 0. The number of carbonyl (C=O) groups excluding carboxylic acids is 2. The Kier molecular flexibility index (Phi) is 9.15. The fourth-order valence-corrected chi connectivity index (χ4v) is 1.45. The Morgan fingerprint density at radius 2 is 0.957 bits per heavy atom. The molecule has 6 nitrogen and oxygen atoms in total. The Balaban J connectivity index is 0.000000403. The minimum Gasteiger partial charge on any atom is -0.545 e. The fraction of sp³-hybridized carbons (Fsp3) is 0.125. The predicted octanol–water partition coefficient (Wildman–Crippen LogP) is 0.115. The molecule has 0 spiro atoms. The first-order chi connectivity index (χ1) is 10.5. The van der Waals surface area contributed by atoms with Crippen molar-refractivity contribution in [1.82, 2.24) is 0 Å². The number of methoxy groups -OCH3 is 2. The molecule has 0 saturated heterocycles. The van der Waals surface area contributed by atoms with Crippen LogP contribution in [0.3, 0.4) is 0 Å². The van der Waals surface area contributed by atoms with E-state index < -0.39 is 11.9 Å². The van der Waals surface area contributed by atoms with E-state index in [2.05, 4.69) is 0 Å². The van der Waals surface area contributed by atoms with Crippen LogP contribution in [-0.4, -0.2) is 26.2 Å². The molecule has 2 aromatic carbocycles. The zero-order chi connectivity index (χ0) is 16.5. The second-order valence-corrected chi connectivity index (χ2v) is 4.03. The largest absolute Gasteiger partial charge is 0.545 e. The molecule has 0 saturated carbocycles. The molecule has 0 heterocycles. The maximum atomic E-state index is 10.2. The van der Waals surface area contributed by atoms with Crippen molar-refractivity contribution < 1.29 is 46.3 Å². The van der Waals surface area contributed by atoms with Gasteiger partial charge in [-0.2, -0.15) is 0 Å². The second-order valence-electron chi connectivity index (χ2n) is 4.03. The SMILES string of the molecule is COc1ccc(C(=O)[O-])cc1.COc1ccc(C(=O)[O-])cc1.[Cu]. The van der Waals surface area contributed by atoms with E-state index in [1.807, 2.05) is 0 Å². The van der Waals surface area contributed by atoms with Gasteiger partial charge in [0.25, 0.3) is 0 Å². The second kappa shape index (κ2) is 10.3. The zero-order valence-electron chi connectivity index (χ0n) is 12.4. The van der Waals surface area contributed by atoms with E-state index in [-0.39, 0.29) is 28.2 Å². The average Bonchev–Trinajstić information content (AvgIpc) is 2.55. The van der Waals surface area contributed by atoms with Crippen LogP contribution in [-0.2, 0) is 17.1 Å². The maximum Gasteiger partial charge on any atom is 0.118 e. The topological polar surface area (TPSA) is 98.7 Å². The molecule has 7 heteroatoms. The van der Waals surface area contributed by atoms with Crippen molar-refractivity contribution in [2.45, 2.75) is 0 Å². The Bertz CT molecular complexity index is 565. The number of rotatable bonds is 4. The fourth-order valence-electron chi connectivity index (χ4n) is 1.45. The first-order valence-electron chi connectivity index (χ1n) is 6.18. The monoisotopic (exact) mass is 365 g/mol. The number of aromatic carboxylic acids is 2. The average molecular weight is 366 g/mol. The van der Waals surface area contributed by atoms with Gasteiger partial charge in [0.1, 0.15) is 11.5 Å². The van der Waals surface area contributed by atoms with Crippen molar-refractivity contribution in [3.8, 4) is 11.5 Å². The smallest absolute Gasteiger partial charge is 0.118 e. The van der Waals surface area contributed by atoms with Gasteiger partial charge < -0.3 is 29.3 Å². The van der Waals surface area contributed by atoms with Crippen LogP contribution in [0.2, 0.25) is 0 Å². The number of carbonyl (C=O) groups is 2. The summed E-state index contributed by atoms with van der Waals surface area (Å²) < 4.78 is 9.67. The summed E-state index contributed by atoms with van der Waals surface area (Å²) in [6.45, 7) is 0. The summed E-state index contributed by atoms with van der Waals surface area (Å²) >= 11 is 0. The molecule has 0 atom stereocenters. The summed E-state index contributed by atoms with van der Waals surface area (Å²) in [5.74, 6) is -1.08. The van der Waals surface area contributed by atoms with Crippen molar-refractivity contribution in [3.05, 3.63) is 59.7 Å². The van der Waals surface area contributed by atoms with E-state index in [9.17, 15) is 19.8 Å². The Morgan fingerprint density at radius 3 is 1.13 bits per heavy atom. The van der Waals surface area contributed by atoms with Crippen LogP contribution in [0.5, 0.6) is 11.5 Å². The van der Waals surface area contributed by atoms with Gasteiger partial charge in [0, 0.05) is 17.1 Å². The minimum absolute atomic E-state index is 0. The number of benzene rings is 2. The molecule has 0 unspecified atom stereocenters. The van der Waals surface area contributed by atoms with Crippen LogP contribution in [0.4, 0.5) is 0 Å². The third-order valence-corrected chi connectivity index (χ3v) is 2.65. The van der Waals surface area contributed by atoms with E-state index >= 15 is 0 Å². The molecule has 0 aliphatic rings. The summed E-state index contributed by atoms with van der Waals surface area (Å²) in [6, 6.07) is 12.1. The number of ether oxygens (including phenoxy) is 2. The van der Waals surface area contributed by atoms with Gasteiger partial charge >= 0.3 is 0 Å². The molecule has 0 bridgehead atoms. The molecule has 0 aliphatic heterocycles. The summed E-state index contributed by atoms with van der Waals surface area (Å²) in [5, 5.41) is 20.5. The Labute approximate surface area is 144 Å². The molecule has 0 amide bonds. The van der Waals surface area contributed by atoms with Gasteiger partial charge in [0.2, 0.25) is 0 Å². The van der Waals surface area contributed by atoms with Crippen LogP contribution < -0.4 is 19.7 Å². The van der Waals surface area contributed by atoms with Crippen LogP contribution in [0.25, 0.3) is 0 Å². The zero-order valence-corrected chi connectivity index (χ0v) is 13.3. The number of carboxylic acids is 2. The van der Waals surface area contributed by atoms with Crippen molar-refractivity contribution in [2.75, 3.05) is 14.2 Å². The molecule has 0 N–H and O–H groups in total. The summed E-state index contributed by atoms with van der Waals surface area (Å²) in [4.78, 5) is 20.5. The van der Waals surface area contributed by atoms with E-state index in [4.69, 9.17) is 9.47 Å². The number of carboxylic acid groups (broad SMARTS) is 2. The van der Waals surface area contributed by atoms with Gasteiger partial charge in [-0.3, -0.25) is 0 Å². The molecule has 23 heavy (non-hydrogen) atoms. The van der Waals surface area contributed by atoms with E-state index in [0.29, 0.717) is 11.5 Å². The molecule has 127 valence electrons. The van der Waals surface area contributed by atoms with Gasteiger partial charge in [-0.05, 0) is 59.7 Å². The van der Waals surface area contributed by atoms with E-state index in [1.165, 1.54) is 38.5 Å². The molecule has 0 fully saturated rings. The molecule has 2 rings (SSSR count). The summed E-state index contributed by atoms with van der Waals surface area (Å²) in [7, 11) is 3.04. The summed E-state index contributed by atoms with van der Waals surface area (Å²) in [6.07, 6.45) is 0. The normalized spacial score (nSPS) is 8.78. The van der Waals surface area contributed by atoms with Crippen LogP contribution in [0, 0.1) is 0 Å². The van der Waals surface area contributed by atoms with Gasteiger partial charge in [-0.1, -0.05) is 0 Å². The Morgan fingerprint density at radius 1 is 0.696 bits per heavy atom. The quantitative estimate of drug-likeness (QED) is 0.713. The van der Waals surface area contributed by atoms with E-state index in [1.54, 1.807) is 24.3 Å². The molecule has 1 radical (unpaired) electrons. The first kappa shape index (κ1) is 20.5. The van der Waals surface area contributed by atoms with Crippen molar-refractivity contribution >= 4 is 11.9 Å². The third kappa shape index (κ3) is 6.86. The number of hydrogen-bond acceptors (Lipinski definition) is 6. The van der Waals surface area contributed by atoms with Crippen LogP contribution in [0.15, 0.2) is 48.5 Å². The van der Waals surface area contributed by atoms with E-state index in [0.717, 1.165) is 0 Å². The Hall–Kier alpha value is -2.50. The van der Waals surface area contributed by atoms with Crippen LogP contribution >= 0.6 is 0 Å². The van der Waals surface area contributed by atoms with Gasteiger partial charge in [-0.15, -0.1) is 0 Å². The molecular formula is C16H14CuO6-2. The summed E-state index contributed by atoms with van der Waals surface area (Å²) in [5.41, 5.74) is 0.316. The molecule has 0 aliphatic carbocycles. The third-order valence-electron chi connectivity index (χ3n) is 2.65.